The van der Waals surface area contributed by atoms with Crippen LogP contribution in [-0.4, -0.2) is 51.8 Å². The van der Waals surface area contributed by atoms with Crippen LogP contribution in [0.25, 0.3) is 0 Å². The Bertz CT molecular complexity index is 432. The molecule has 2 heterocycles. The molecule has 1 atom stereocenters. The summed E-state index contributed by atoms with van der Waals surface area (Å²) in [6.07, 6.45) is 1.38. The van der Waals surface area contributed by atoms with E-state index >= 15 is 0 Å². The van der Waals surface area contributed by atoms with Crippen LogP contribution in [0.1, 0.15) is 38.5 Å². The number of carbonyl (C=O) groups is 1. The summed E-state index contributed by atoms with van der Waals surface area (Å²) in [5, 5.41) is 19.7. The van der Waals surface area contributed by atoms with Crippen LogP contribution < -0.4 is 5.32 Å². The zero-order chi connectivity index (χ0) is 13.8. The molecule has 1 fully saturated rings. The first-order chi connectivity index (χ1) is 9.04. The topological polar surface area (TPSA) is 91.5 Å². The molecule has 0 aliphatic carbocycles. The first-order valence-electron chi connectivity index (χ1n) is 6.58. The molecule has 0 saturated carbocycles. The number of rotatable bonds is 4. The minimum Gasteiger partial charge on any atom is -0.408 e. The minimum absolute atomic E-state index is 0.131. The van der Waals surface area contributed by atoms with E-state index in [4.69, 9.17) is 4.42 Å². The number of amides is 1. The molecule has 1 amide bonds. The van der Waals surface area contributed by atoms with E-state index in [2.05, 4.69) is 15.5 Å². The molecule has 7 nitrogen and oxygen atoms in total. The Morgan fingerprint density at radius 1 is 1.58 bits per heavy atom. The molecule has 1 aliphatic rings. The maximum atomic E-state index is 11.8. The van der Waals surface area contributed by atoms with Gasteiger partial charge in [0.25, 0.3) is 0 Å². The van der Waals surface area contributed by atoms with E-state index < -0.39 is 0 Å². The molecule has 0 radical (unpaired) electrons. The molecule has 106 valence electrons. The molecule has 1 aromatic heterocycles. The molecule has 19 heavy (non-hydrogen) atoms. The summed E-state index contributed by atoms with van der Waals surface area (Å²) in [6, 6.07) is 0.131. The molecule has 1 unspecified atom stereocenters. The number of aliphatic hydroxyl groups is 1. The lowest BCUT2D eigenvalue weighted by atomic mass is 10.1. The normalized spacial score (nSPS) is 20.7. The zero-order valence-corrected chi connectivity index (χ0v) is 11.3. The number of hydrogen-bond donors (Lipinski definition) is 2. The first-order valence-corrected chi connectivity index (χ1v) is 6.58. The van der Waals surface area contributed by atoms with Crippen molar-refractivity contribution in [2.45, 2.75) is 38.7 Å². The van der Waals surface area contributed by atoms with Crippen molar-refractivity contribution < 1.29 is 14.3 Å². The average Bonchev–Trinajstić information content (AvgIpc) is 2.77. The van der Waals surface area contributed by atoms with Gasteiger partial charge >= 0.3 is 6.01 Å². The third-order valence-corrected chi connectivity index (χ3v) is 3.03. The van der Waals surface area contributed by atoms with Crippen LogP contribution in [0.2, 0.25) is 0 Å². The largest absolute Gasteiger partial charge is 0.408 e. The molecule has 2 N–H and O–H groups in total. The third-order valence-electron chi connectivity index (χ3n) is 3.03. The Morgan fingerprint density at radius 3 is 3.00 bits per heavy atom. The van der Waals surface area contributed by atoms with Gasteiger partial charge in [-0.3, -0.25) is 15.0 Å². The number of likely N-dealkylation sites (tertiary alicyclic amines) is 1. The number of anilines is 1. The number of nitrogens with zero attached hydrogens (tertiary/aromatic N) is 3. The highest BCUT2D eigenvalue weighted by Gasteiger charge is 2.20. The Labute approximate surface area is 112 Å². The standard InChI is InChI=1S/C12H20N4O3/c1-8(2)11-14-15-12(19-11)13-10(18)7-16-5-3-4-9(17)6-16/h8-9,17H,3-7H2,1-2H3,(H,13,15,18). The van der Waals surface area contributed by atoms with Gasteiger partial charge in [0.1, 0.15) is 0 Å². The van der Waals surface area contributed by atoms with Crippen molar-refractivity contribution in [2.75, 3.05) is 25.0 Å². The lowest BCUT2D eigenvalue weighted by molar-refractivity contribution is -0.118. The number of nitrogens with one attached hydrogen (secondary N) is 1. The second-order valence-corrected chi connectivity index (χ2v) is 5.18. The molecular weight excluding hydrogens is 248 g/mol. The van der Waals surface area contributed by atoms with E-state index in [9.17, 15) is 9.90 Å². The second-order valence-electron chi connectivity index (χ2n) is 5.18. The van der Waals surface area contributed by atoms with Crippen LogP contribution in [0.4, 0.5) is 6.01 Å². The number of aliphatic hydroxyl groups excluding tert-OH is 1. The molecule has 7 heteroatoms. The summed E-state index contributed by atoms with van der Waals surface area (Å²) in [4.78, 5) is 13.7. The van der Waals surface area contributed by atoms with Gasteiger partial charge < -0.3 is 9.52 Å². The van der Waals surface area contributed by atoms with Gasteiger partial charge in [-0.05, 0) is 19.4 Å². The average molecular weight is 268 g/mol. The number of aromatic nitrogens is 2. The van der Waals surface area contributed by atoms with Gasteiger partial charge in [-0.25, -0.2) is 0 Å². The monoisotopic (exact) mass is 268 g/mol. The van der Waals surface area contributed by atoms with Gasteiger partial charge in [0.2, 0.25) is 11.8 Å². The smallest absolute Gasteiger partial charge is 0.322 e. The number of hydrogen-bond acceptors (Lipinski definition) is 6. The van der Waals surface area contributed by atoms with Crippen molar-refractivity contribution in [1.29, 1.82) is 0 Å². The van der Waals surface area contributed by atoms with Crippen molar-refractivity contribution >= 4 is 11.9 Å². The Balaban J connectivity index is 1.83. The van der Waals surface area contributed by atoms with E-state index in [1.54, 1.807) is 0 Å². The molecule has 0 spiro atoms. The zero-order valence-electron chi connectivity index (χ0n) is 11.3. The van der Waals surface area contributed by atoms with Crippen molar-refractivity contribution in [3.8, 4) is 0 Å². The summed E-state index contributed by atoms with van der Waals surface area (Å²) < 4.78 is 5.30. The van der Waals surface area contributed by atoms with Crippen LogP contribution in [0.15, 0.2) is 4.42 Å². The molecule has 1 aromatic rings. The minimum atomic E-state index is -0.336. The van der Waals surface area contributed by atoms with Gasteiger partial charge in [-0.1, -0.05) is 18.9 Å². The molecule has 1 saturated heterocycles. The molecule has 0 bridgehead atoms. The van der Waals surface area contributed by atoms with Crippen LogP contribution in [0.3, 0.4) is 0 Å². The SMILES string of the molecule is CC(C)c1nnc(NC(=O)CN2CCCC(O)C2)o1. The van der Waals surface area contributed by atoms with Crippen molar-refractivity contribution in [2.24, 2.45) is 0 Å². The fourth-order valence-corrected chi connectivity index (χ4v) is 2.06. The van der Waals surface area contributed by atoms with E-state index in [1.165, 1.54) is 0 Å². The summed E-state index contributed by atoms with van der Waals surface area (Å²) in [7, 11) is 0. The lowest BCUT2D eigenvalue weighted by Gasteiger charge is -2.28. The maximum absolute atomic E-state index is 11.8. The Morgan fingerprint density at radius 2 is 2.37 bits per heavy atom. The highest BCUT2D eigenvalue weighted by Crippen LogP contribution is 2.15. The highest BCUT2D eigenvalue weighted by molar-refractivity contribution is 5.90. The van der Waals surface area contributed by atoms with E-state index in [0.717, 1.165) is 19.4 Å². The van der Waals surface area contributed by atoms with Crippen LogP contribution in [0, 0.1) is 0 Å². The van der Waals surface area contributed by atoms with Gasteiger partial charge in [-0.2, -0.15) is 0 Å². The van der Waals surface area contributed by atoms with Crippen LogP contribution >= 0.6 is 0 Å². The van der Waals surface area contributed by atoms with Crippen molar-refractivity contribution in [3.05, 3.63) is 5.89 Å². The Hall–Kier alpha value is -1.47. The molecule has 1 aliphatic heterocycles. The van der Waals surface area contributed by atoms with E-state index in [-0.39, 0.29) is 30.5 Å². The first kappa shape index (κ1) is 14.0. The quantitative estimate of drug-likeness (QED) is 0.830. The van der Waals surface area contributed by atoms with Crippen LogP contribution in [-0.2, 0) is 4.79 Å². The predicted molar refractivity (Wildman–Crippen MR) is 68.7 cm³/mol. The van der Waals surface area contributed by atoms with Gasteiger partial charge in [0.15, 0.2) is 0 Å². The van der Waals surface area contributed by atoms with E-state index in [1.807, 2.05) is 18.7 Å². The Kier molecular flexibility index (Phi) is 4.49. The number of carbonyl (C=O) groups excluding carboxylic acids is 1. The van der Waals surface area contributed by atoms with Gasteiger partial charge in [0.05, 0.1) is 12.6 Å². The van der Waals surface area contributed by atoms with Crippen LogP contribution in [0.5, 0.6) is 0 Å². The lowest BCUT2D eigenvalue weighted by Crippen LogP contribution is -2.42. The van der Waals surface area contributed by atoms with E-state index in [0.29, 0.717) is 12.4 Å². The number of β-amino-alcohol motifs (C(OH)–C–C–N with tert-alkyl or cyclic N) is 1. The third kappa shape index (κ3) is 4.00. The number of piperidine rings is 1. The summed E-state index contributed by atoms with van der Waals surface area (Å²) in [5.74, 6) is 0.437. The van der Waals surface area contributed by atoms with Gasteiger partial charge in [-0.15, -0.1) is 5.10 Å². The highest BCUT2D eigenvalue weighted by atomic mass is 16.4. The second kappa shape index (κ2) is 6.12. The fraction of sp³-hybridized carbons (Fsp3) is 0.750. The molecule has 2 rings (SSSR count). The van der Waals surface area contributed by atoms with Gasteiger partial charge in [0, 0.05) is 12.5 Å². The molecule has 0 aromatic carbocycles. The van der Waals surface area contributed by atoms with Crippen molar-refractivity contribution in [3.63, 3.8) is 0 Å². The summed E-state index contributed by atoms with van der Waals surface area (Å²) in [6.45, 7) is 5.47. The fourth-order valence-electron chi connectivity index (χ4n) is 2.06. The summed E-state index contributed by atoms with van der Waals surface area (Å²) >= 11 is 0. The van der Waals surface area contributed by atoms with Crippen molar-refractivity contribution in [1.82, 2.24) is 15.1 Å². The summed E-state index contributed by atoms with van der Waals surface area (Å²) in [5.41, 5.74) is 0. The molecular formula is C12H20N4O3. The predicted octanol–water partition coefficient (Wildman–Crippen LogP) is 0.588. The maximum Gasteiger partial charge on any atom is 0.322 e.